The Morgan fingerprint density at radius 3 is 2.76 bits per heavy atom. The Bertz CT molecular complexity index is 557. The molecule has 114 valence electrons. The van der Waals surface area contributed by atoms with Crippen molar-refractivity contribution in [2.45, 2.75) is 18.9 Å². The number of hydrogen-bond acceptors (Lipinski definition) is 4. The summed E-state index contributed by atoms with van der Waals surface area (Å²) in [5, 5.41) is 2.99. The van der Waals surface area contributed by atoms with Crippen molar-refractivity contribution in [3.8, 4) is 0 Å². The number of benzene rings is 1. The number of nitrogens with zero attached hydrogens (tertiary/aromatic N) is 2. The van der Waals surface area contributed by atoms with Crippen LogP contribution in [0.2, 0.25) is 0 Å². The number of carbonyl (C=O) groups excluding carboxylic acids is 2. The predicted molar refractivity (Wildman–Crippen MR) is 83.3 cm³/mol. The summed E-state index contributed by atoms with van der Waals surface area (Å²) in [7, 11) is 5.52. The van der Waals surface area contributed by atoms with Crippen LogP contribution < -0.4 is 16.0 Å². The third-order valence-electron chi connectivity index (χ3n) is 3.71. The highest BCUT2D eigenvalue weighted by molar-refractivity contribution is 6.01. The molecule has 0 aromatic heterocycles. The molecule has 3 N–H and O–H groups in total. The first kappa shape index (κ1) is 15.2. The maximum absolute atomic E-state index is 12.5. The number of likely N-dealkylation sites (N-methyl/N-ethyl adjacent to an activating group) is 1. The molecule has 0 saturated carbocycles. The predicted octanol–water partition coefficient (Wildman–Crippen LogP) is 0.685. The van der Waals surface area contributed by atoms with Crippen LogP contribution in [0.5, 0.6) is 0 Å². The van der Waals surface area contributed by atoms with Crippen LogP contribution in [0.4, 0.5) is 11.4 Å². The number of nitrogen functional groups attached to an aromatic ring is 1. The van der Waals surface area contributed by atoms with Crippen molar-refractivity contribution in [1.82, 2.24) is 10.2 Å². The SMILES string of the molecule is CN1CC(NC(=O)c2cc(N)ccc2N(C)C)CCC1=O. The Morgan fingerprint density at radius 1 is 1.43 bits per heavy atom. The Balaban J connectivity index is 2.13. The van der Waals surface area contributed by atoms with Crippen molar-refractivity contribution in [2.24, 2.45) is 0 Å². The number of carbonyl (C=O) groups is 2. The molecule has 1 aliphatic rings. The van der Waals surface area contributed by atoms with Gasteiger partial charge in [0.1, 0.15) is 0 Å². The van der Waals surface area contributed by atoms with Crippen LogP contribution in [0.15, 0.2) is 18.2 Å². The second-order valence-corrected chi connectivity index (χ2v) is 5.65. The highest BCUT2D eigenvalue weighted by Crippen LogP contribution is 2.22. The summed E-state index contributed by atoms with van der Waals surface area (Å²) in [5.41, 5.74) is 7.72. The number of likely N-dealkylation sites (tertiary alicyclic amines) is 1. The van der Waals surface area contributed by atoms with Gasteiger partial charge in [-0.05, 0) is 24.6 Å². The quantitative estimate of drug-likeness (QED) is 0.803. The standard InChI is InChI=1S/C15H22N4O2/c1-18(2)13-6-4-10(16)8-12(13)15(21)17-11-5-7-14(20)19(3)9-11/h4,6,8,11H,5,7,9,16H2,1-3H3,(H,17,21). The lowest BCUT2D eigenvalue weighted by molar-refractivity contribution is -0.132. The molecule has 1 atom stereocenters. The lowest BCUT2D eigenvalue weighted by Crippen LogP contribution is -2.48. The molecule has 0 radical (unpaired) electrons. The van der Waals surface area contributed by atoms with Crippen molar-refractivity contribution < 1.29 is 9.59 Å². The van der Waals surface area contributed by atoms with Crippen LogP contribution in [0, 0.1) is 0 Å². The van der Waals surface area contributed by atoms with Gasteiger partial charge in [-0.15, -0.1) is 0 Å². The van der Waals surface area contributed by atoms with Crippen LogP contribution in [0.3, 0.4) is 0 Å². The number of piperidine rings is 1. The molecule has 1 aromatic carbocycles. The van der Waals surface area contributed by atoms with E-state index in [1.807, 2.05) is 25.1 Å². The normalized spacial score (nSPS) is 18.5. The average molecular weight is 290 g/mol. The zero-order chi connectivity index (χ0) is 15.6. The van der Waals surface area contributed by atoms with Gasteiger partial charge in [0.2, 0.25) is 5.91 Å². The monoisotopic (exact) mass is 290 g/mol. The Kier molecular flexibility index (Phi) is 4.35. The van der Waals surface area contributed by atoms with Crippen LogP contribution >= 0.6 is 0 Å². The molecule has 1 aliphatic heterocycles. The van der Waals surface area contributed by atoms with E-state index in [9.17, 15) is 9.59 Å². The molecule has 0 aliphatic carbocycles. The highest BCUT2D eigenvalue weighted by atomic mass is 16.2. The van der Waals surface area contributed by atoms with Gasteiger partial charge in [-0.2, -0.15) is 0 Å². The highest BCUT2D eigenvalue weighted by Gasteiger charge is 2.25. The second-order valence-electron chi connectivity index (χ2n) is 5.65. The third-order valence-corrected chi connectivity index (χ3v) is 3.71. The van der Waals surface area contributed by atoms with E-state index in [1.165, 1.54) is 0 Å². The largest absolute Gasteiger partial charge is 0.399 e. The summed E-state index contributed by atoms with van der Waals surface area (Å²) >= 11 is 0. The minimum Gasteiger partial charge on any atom is -0.399 e. The second kappa shape index (κ2) is 6.03. The van der Waals surface area contributed by atoms with Gasteiger partial charge >= 0.3 is 0 Å². The Morgan fingerprint density at radius 2 is 2.14 bits per heavy atom. The van der Waals surface area contributed by atoms with E-state index < -0.39 is 0 Å². The lowest BCUT2D eigenvalue weighted by Gasteiger charge is -2.30. The van der Waals surface area contributed by atoms with E-state index in [-0.39, 0.29) is 17.9 Å². The first-order valence-electron chi connectivity index (χ1n) is 7.00. The van der Waals surface area contributed by atoms with Crippen molar-refractivity contribution in [3.05, 3.63) is 23.8 Å². The zero-order valence-corrected chi connectivity index (χ0v) is 12.7. The van der Waals surface area contributed by atoms with E-state index in [1.54, 1.807) is 24.1 Å². The van der Waals surface area contributed by atoms with Crippen molar-refractivity contribution in [2.75, 3.05) is 38.3 Å². The molecule has 2 amide bonds. The van der Waals surface area contributed by atoms with Crippen molar-refractivity contribution in [1.29, 1.82) is 0 Å². The Hall–Kier alpha value is -2.24. The summed E-state index contributed by atoms with van der Waals surface area (Å²) in [6.45, 7) is 0.546. The maximum Gasteiger partial charge on any atom is 0.253 e. The van der Waals surface area contributed by atoms with Crippen LogP contribution in [0.1, 0.15) is 23.2 Å². The van der Waals surface area contributed by atoms with Gasteiger partial charge in [0, 0.05) is 51.5 Å². The third kappa shape index (κ3) is 3.45. The molecule has 6 heteroatoms. The van der Waals surface area contributed by atoms with Gasteiger partial charge in [0.25, 0.3) is 5.91 Å². The number of nitrogens with one attached hydrogen (secondary N) is 1. The molecule has 21 heavy (non-hydrogen) atoms. The summed E-state index contributed by atoms with van der Waals surface area (Å²) < 4.78 is 0. The smallest absolute Gasteiger partial charge is 0.253 e. The zero-order valence-electron chi connectivity index (χ0n) is 12.7. The van der Waals surface area contributed by atoms with Gasteiger partial charge in [-0.25, -0.2) is 0 Å². The molecule has 1 fully saturated rings. The Labute approximate surface area is 124 Å². The van der Waals surface area contributed by atoms with Crippen LogP contribution in [0.25, 0.3) is 0 Å². The van der Waals surface area contributed by atoms with E-state index in [4.69, 9.17) is 5.73 Å². The number of anilines is 2. The van der Waals surface area contributed by atoms with E-state index >= 15 is 0 Å². The molecule has 0 spiro atoms. The van der Waals surface area contributed by atoms with E-state index in [0.29, 0.717) is 30.6 Å². The fraction of sp³-hybridized carbons (Fsp3) is 0.467. The molecule has 0 bridgehead atoms. The fourth-order valence-corrected chi connectivity index (χ4v) is 2.52. The van der Waals surface area contributed by atoms with E-state index in [0.717, 1.165) is 5.69 Å². The molecule has 1 unspecified atom stereocenters. The molecule has 1 saturated heterocycles. The van der Waals surface area contributed by atoms with Crippen molar-refractivity contribution in [3.63, 3.8) is 0 Å². The maximum atomic E-state index is 12.5. The number of amides is 2. The van der Waals surface area contributed by atoms with Gasteiger partial charge in [-0.3, -0.25) is 9.59 Å². The number of nitrogens with two attached hydrogens (primary N) is 1. The minimum atomic E-state index is -0.154. The summed E-state index contributed by atoms with van der Waals surface area (Å²) in [5.74, 6) is -0.0304. The number of hydrogen-bond donors (Lipinski definition) is 2. The van der Waals surface area contributed by atoms with Gasteiger partial charge in [-0.1, -0.05) is 0 Å². The van der Waals surface area contributed by atoms with Crippen LogP contribution in [-0.2, 0) is 4.79 Å². The first-order chi connectivity index (χ1) is 9.88. The molecule has 2 rings (SSSR count). The van der Waals surface area contributed by atoms with Gasteiger partial charge < -0.3 is 20.9 Å². The van der Waals surface area contributed by atoms with Crippen LogP contribution in [-0.4, -0.2) is 50.4 Å². The van der Waals surface area contributed by atoms with E-state index in [2.05, 4.69) is 5.32 Å². The van der Waals surface area contributed by atoms with Crippen molar-refractivity contribution >= 4 is 23.2 Å². The lowest BCUT2D eigenvalue weighted by atomic mass is 10.0. The summed E-state index contributed by atoms with van der Waals surface area (Å²) in [4.78, 5) is 27.5. The minimum absolute atomic E-state index is 0.0170. The average Bonchev–Trinajstić information content (AvgIpc) is 2.42. The summed E-state index contributed by atoms with van der Waals surface area (Å²) in [6, 6.07) is 5.28. The molecular formula is C15H22N4O2. The summed E-state index contributed by atoms with van der Waals surface area (Å²) in [6.07, 6.45) is 1.15. The van der Waals surface area contributed by atoms with Gasteiger partial charge in [0.05, 0.1) is 5.56 Å². The fourth-order valence-electron chi connectivity index (χ4n) is 2.52. The van der Waals surface area contributed by atoms with Gasteiger partial charge in [0.15, 0.2) is 0 Å². The molecule has 1 aromatic rings. The molecule has 6 nitrogen and oxygen atoms in total. The first-order valence-corrected chi connectivity index (χ1v) is 7.00. The number of rotatable bonds is 3. The molecule has 1 heterocycles. The molecular weight excluding hydrogens is 268 g/mol. The topological polar surface area (TPSA) is 78.7 Å².